The third-order valence-corrected chi connectivity index (χ3v) is 6.73. The SMILES string of the molecule is [2H]C([2H])([2H])NCC1(c2ccccc2OC([2H])([2H])[2H])CN(C(=O)Cc2cc(F)c(F)cc2F)CCC1OC(=O)c1ccccc1. The zero-order chi connectivity index (χ0) is 32.3. The maximum atomic E-state index is 14.4. The van der Waals surface area contributed by atoms with Crippen molar-refractivity contribution in [3.63, 3.8) is 0 Å². The van der Waals surface area contributed by atoms with Gasteiger partial charge < -0.3 is 19.7 Å². The van der Waals surface area contributed by atoms with E-state index >= 15 is 0 Å². The molecule has 6 nitrogen and oxygen atoms in total. The monoisotopic (exact) mass is 532 g/mol. The summed E-state index contributed by atoms with van der Waals surface area (Å²) < 4.78 is 99.4. The second kappa shape index (κ2) is 11.7. The molecule has 2 atom stereocenters. The van der Waals surface area contributed by atoms with Crippen LogP contribution in [0.15, 0.2) is 66.7 Å². The molecule has 1 heterocycles. The van der Waals surface area contributed by atoms with Crippen LogP contribution in [-0.4, -0.2) is 56.5 Å². The number of nitrogens with zero attached hydrogens (tertiary/aromatic N) is 1. The molecule has 200 valence electrons. The summed E-state index contributed by atoms with van der Waals surface area (Å²) in [4.78, 5) is 28.0. The number of piperidine rings is 1. The van der Waals surface area contributed by atoms with Crippen molar-refractivity contribution in [1.82, 2.24) is 10.2 Å². The first kappa shape index (κ1) is 20.2. The van der Waals surface area contributed by atoms with Crippen LogP contribution in [0.1, 0.15) is 36.1 Å². The number of hydrogen-bond donors (Lipinski definition) is 1. The van der Waals surface area contributed by atoms with Crippen LogP contribution >= 0.6 is 0 Å². The van der Waals surface area contributed by atoms with E-state index in [1.165, 1.54) is 35.2 Å². The van der Waals surface area contributed by atoms with Gasteiger partial charge in [-0.3, -0.25) is 4.79 Å². The number of amides is 1. The summed E-state index contributed by atoms with van der Waals surface area (Å²) in [6.45, 7) is -3.54. The van der Waals surface area contributed by atoms with Crippen LogP contribution in [-0.2, 0) is 21.4 Å². The maximum absolute atomic E-state index is 14.4. The van der Waals surface area contributed by atoms with Gasteiger partial charge in [0.2, 0.25) is 5.91 Å². The number of methoxy groups -OCH3 is 1. The van der Waals surface area contributed by atoms with E-state index in [1.807, 2.05) is 0 Å². The number of para-hydroxylation sites is 1. The third kappa shape index (κ3) is 5.52. The highest BCUT2D eigenvalue weighted by Crippen LogP contribution is 2.41. The number of carbonyl (C=O) groups is 2. The fraction of sp³-hybridized carbons (Fsp3) is 0.310. The first-order valence-corrected chi connectivity index (χ1v) is 11.8. The summed E-state index contributed by atoms with van der Waals surface area (Å²) in [5, 5.41) is 2.42. The largest absolute Gasteiger partial charge is 0.496 e. The number of likely N-dealkylation sites (N-methyl/N-ethyl adjacent to an activating group) is 1. The normalized spacial score (nSPS) is 22.2. The van der Waals surface area contributed by atoms with Crippen LogP contribution in [0.2, 0.25) is 0 Å². The first-order chi connectivity index (χ1) is 20.6. The molecule has 2 unspecified atom stereocenters. The van der Waals surface area contributed by atoms with Gasteiger partial charge in [-0.1, -0.05) is 36.4 Å². The van der Waals surface area contributed by atoms with E-state index in [0.717, 1.165) is 0 Å². The smallest absolute Gasteiger partial charge is 0.338 e. The van der Waals surface area contributed by atoms with Gasteiger partial charge in [-0.05, 0) is 31.2 Å². The summed E-state index contributed by atoms with van der Waals surface area (Å²) in [7, 11) is -2.92. The lowest BCUT2D eigenvalue weighted by atomic mass is 9.71. The van der Waals surface area contributed by atoms with Crippen molar-refractivity contribution >= 4 is 11.9 Å². The molecule has 1 amide bonds. The summed E-state index contributed by atoms with van der Waals surface area (Å²) in [5.74, 6) is -5.51. The number of ether oxygens (including phenoxy) is 2. The lowest BCUT2D eigenvalue weighted by Gasteiger charge is -2.48. The average molecular weight is 533 g/mol. The number of benzene rings is 3. The predicted molar refractivity (Wildman–Crippen MR) is 135 cm³/mol. The van der Waals surface area contributed by atoms with Crippen LogP contribution in [0.5, 0.6) is 5.75 Å². The van der Waals surface area contributed by atoms with Gasteiger partial charge in [0, 0.05) is 47.4 Å². The number of esters is 1. The summed E-state index contributed by atoms with van der Waals surface area (Å²) >= 11 is 0. The Balaban J connectivity index is 1.80. The zero-order valence-corrected chi connectivity index (χ0v) is 20.2. The fourth-order valence-corrected chi connectivity index (χ4v) is 4.85. The number of carbonyl (C=O) groups excluding carboxylic acids is 2. The Labute approximate surface area is 227 Å². The van der Waals surface area contributed by atoms with E-state index in [9.17, 15) is 22.8 Å². The lowest BCUT2D eigenvalue weighted by molar-refractivity contribution is -0.135. The summed E-state index contributed by atoms with van der Waals surface area (Å²) in [5.41, 5.74) is -1.68. The summed E-state index contributed by atoms with van der Waals surface area (Å²) in [6, 6.07) is 14.8. The molecule has 0 saturated carbocycles. The summed E-state index contributed by atoms with van der Waals surface area (Å²) in [6.07, 6.45) is -1.82. The van der Waals surface area contributed by atoms with Crippen molar-refractivity contribution in [2.45, 2.75) is 24.4 Å². The molecule has 0 radical (unpaired) electrons. The van der Waals surface area contributed by atoms with Crippen LogP contribution in [0.25, 0.3) is 0 Å². The van der Waals surface area contributed by atoms with E-state index in [0.29, 0.717) is 12.1 Å². The molecular weight excluding hydrogens is 497 g/mol. The van der Waals surface area contributed by atoms with Crippen molar-refractivity contribution in [3.05, 3.63) is 101 Å². The lowest BCUT2D eigenvalue weighted by Crippen LogP contribution is -2.61. The topological polar surface area (TPSA) is 67.9 Å². The van der Waals surface area contributed by atoms with E-state index in [-0.39, 0.29) is 36.4 Å². The Kier molecular flexibility index (Phi) is 6.20. The van der Waals surface area contributed by atoms with Crippen LogP contribution in [0, 0.1) is 17.5 Å². The molecule has 0 bridgehead atoms. The average Bonchev–Trinajstić information content (AvgIpc) is 2.95. The Morgan fingerprint density at radius 2 is 1.79 bits per heavy atom. The van der Waals surface area contributed by atoms with Crippen molar-refractivity contribution < 1.29 is 40.5 Å². The quantitative estimate of drug-likeness (QED) is 0.347. The number of likely N-dealkylation sites (tertiary alicyclic amines) is 1. The van der Waals surface area contributed by atoms with Gasteiger partial charge >= 0.3 is 5.97 Å². The van der Waals surface area contributed by atoms with Gasteiger partial charge in [0.25, 0.3) is 0 Å². The van der Waals surface area contributed by atoms with Gasteiger partial charge in [-0.15, -0.1) is 0 Å². The molecule has 3 aromatic rings. The van der Waals surface area contributed by atoms with Crippen molar-refractivity contribution in [1.29, 1.82) is 0 Å². The molecule has 38 heavy (non-hydrogen) atoms. The number of rotatable bonds is 8. The highest BCUT2D eigenvalue weighted by atomic mass is 19.2. The highest BCUT2D eigenvalue weighted by molar-refractivity contribution is 5.89. The zero-order valence-electron chi connectivity index (χ0n) is 26.2. The molecule has 1 N–H and O–H groups in total. The van der Waals surface area contributed by atoms with Gasteiger partial charge in [0.05, 0.1) is 28.5 Å². The third-order valence-electron chi connectivity index (χ3n) is 6.73. The standard InChI is InChI=1S/C29H29F3N2O4/c1-33-17-29(21-10-6-7-11-25(21)37-2)18-34(27(35)15-20-14-23(31)24(32)16-22(20)30)13-12-26(29)38-28(36)19-8-4-3-5-9-19/h3-11,14,16,26,33H,12-13,15,17-18H2,1-2H3/i1D3,2D3. The minimum absolute atomic E-state index is 0.0463. The number of nitrogens with one attached hydrogen (secondary N) is 1. The molecule has 1 aliphatic rings. The minimum atomic E-state index is -2.92. The van der Waals surface area contributed by atoms with Crippen LogP contribution in [0.4, 0.5) is 13.2 Å². The molecule has 0 aliphatic carbocycles. The Morgan fingerprint density at radius 3 is 2.55 bits per heavy atom. The molecule has 0 aromatic heterocycles. The van der Waals surface area contributed by atoms with Crippen LogP contribution in [0.3, 0.4) is 0 Å². The van der Waals surface area contributed by atoms with Crippen molar-refractivity contribution in [3.8, 4) is 5.75 Å². The van der Waals surface area contributed by atoms with E-state index < -0.39 is 73.4 Å². The van der Waals surface area contributed by atoms with Gasteiger partial charge in [-0.2, -0.15) is 0 Å². The van der Waals surface area contributed by atoms with Crippen LogP contribution < -0.4 is 10.1 Å². The molecule has 4 rings (SSSR count). The van der Waals surface area contributed by atoms with E-state index in [4.69, 9.17) is 17.7 Å². The second-order valence-electron chi connectivity index (χ2n) is 9.01. The second-order valence-corrected chi connectivity index (χ2v) is 9.01. The Morgan fingerprint density at radius 1 is 1.05 bits per heavy atom. The van der Waals surface area contributed by atoms with Gasteiger partial charge in [-0.25, -0.2) is 18.0 Å². The number of hydrogen-bond acceptors (Lipinski definition) is 5. The molecule has 1 aliphatic heterocycles. The molecule has 1 fully saturated rings. The van der Waals surface area contributed by atoms with Gasteiger partial charge in [0.1, 0.15) is 17.7 Å². The van der Waals surface area contributed by atoms with Gasteiger partial charge in [0.15, 0.2) is 11.6 Å². The molecule has 9 heteroatoms. The fourth-order valence-electron chi connectivity index (χ4n) is 4.85. The van der Waals surface area contributed by atoms with Crippen molar-refractivity contribution in [2.75, 3.05) is 33.6 Å². The van der Waals surface area contributed by atoms with Crippen molar-refractivity contribution in [2.24, 2.45) is 0 Å². The Bertz CT molecular complexity index is 1510. The predicted octanol–water partition coefficient (Wildman–Crippen LogP) is 4.27. The molecular formula is C29H29F3N2O4. The highest BCUT2D eigenvalue weighted by Gasteiger charge is 2.49. The van der Waals surface area contributed by atoms with E-state index in [1.54, 1.807) is 24.3 Å². The van der Waals surface area contributed by atoms with E-state index in [2.05, 4.69) is 5.32 Å². The Hall–Kier alpha value is -3.85. The molecule has 1 saturated heterocycles. The first-order valence-electron chi connectivity index (χ1n) is 14.8. The minimum Gasteiger partial charge on any atom is -0.496 e. The molecule has 0 spiro atoms. The molecule has 3 aromatic carbocycles. The number of halogens is 3. The maximum Gasteiger partial charge on any atom is 0.338 e.